The van der Waals surface area contributed by atoms with Gasteiger partial charge in [-0.05, 0) is 49.5 Å². The number of hydrogen-bond donors (Lipinski definition) is 2. The van der Waals surface area contributed by atoms with Crippen molar-refractivity contribution in [1.82, 2.24) is 5.32 Å². The Bertz CT molecular complexity index is 295. The molecule has 2 saturated carbocycles. The maximum Gasteiger partial charge on any atom is 0.223 e. The fraction of sp³-hybridized carbons (Fsp3) is 0.929. The minimum absolute atomic E-state index is 0.189. The first kappa shape index (κ1) is 12.9. The molecule has 3 nitrogen and oxygen atoms in total. The summed E-state index contributed by atoms with van der Waals surface area (Å²) in [5.74, 6) is 0.493. The van der Waals surface area contributed by atoms with E-state index in [0.717, 1.165) is 25.9 Å². The van der Waals surface area contributed by atoms with Gasteiger partial charge in [0.2, 0.25) is 5.91 Å². The Balaban J connectivity index is 1.82. The van der Waals surface area contributed by atoms with Crippen LogP contribution >= 0.6 is 0 Å². The van der Waals surface area contributed by atoms with E-state index >= 15 is 0 Å². The van der Waals surface area contributed by atoms with Crippen LogP contribution < -0.4 is 11.1 Å². The summed E-state index contributed by atoms with van der Waals surface area (Å²) in [6.07, 6.45) is 6.96. The molecule has 3 heteroatoms. The molecule has 1 amide bonds. The van der Waals surface area contributed by atoms with E-state index in [4.69, 9.17) is 5.73 Å². The lowest BCUT2D eigenvalue weighted by Gasteiger charge is -2.27. The summed E-state index contributed by atoms with van der Waals surface area (Å²) in [7, 11) is 0. The molecule has 2 rings (SSSR count). The molecule has 0 bridgehead atoms. The normalized spacial score (nSPS) is 29.0. The molecule has 2 aliphatic rings. The number of nitrogens with two attached hydrogens (primary N) is 1. The molecule has 0 radical (unpaired) electrons. The van der Waals surface area contributed by atoms with Crippen LogP contribution in [0.15, 0.2) is 0 Å². The van der Waals surface area contributed by atoms with E-state index in [0.29, 0.717) is 5.41 Å². The molecular weight excluding hydrogens is 212 g/mol. The zero-order valence-corrected chi connectivity index (χ0v) is 11.2. The van der Waals surface area contributed by atoms with Crippen LogP contribution in [0.3, 0.4) is 0 Å². The Hall–Kier alpha value is -0.570. The van der Waals surface area contributed by atoms with Gasteiger partial charge in [0.25, 0.3) is 0 Å². The van der Waals surface area contributed by atoms with Gasteiger partial charge in [-0.2, -0.15) is 0 Å². The molecule has 0 saturated heterocycles. The van der Waals surface area contributed by atoms with Gasteiger partial charge < -0.3 is 11.1 Å². The third-order valence-electron chi connectivity index (χ3n) is 4.84. The van der Waals surface area contributed by atoms with Gasteiger partial charge >= 0.3 is 0 Å². The molecule has 1 atom stereocenters. The maximum atomic E-state index is 12.2. The first-order valence-corrected chi connectivity index (χ1v) is 6.97. The molecule has 0 aliphatic heterocycles. The van der Waals surface area contributed by atoms with Gasteiger partial charge in [0.05, 0.1) is 0 Å². The van der Waals surface area contributed by atoms with E-state index in [1.807, 2.05) is 0 Å². The highest BCUT2D eigenvalue weighted by Gasteiger charge is 2.44. The lowest BCUT2D eigenvalue weighted by molar-refractivity contribution is -0.127. The van der Waals surface area contributed by atoms with Crippen LogP contribution in [-0.4, -0.2) is 19.0 Å². The monoisotopic (exact) mass is 238 g/mol. The van der Waals surface area contributed by atoms with Crippen molar-refractivity contribution in [3.63, 3.8) is 0 Å². The fourth-order valence-electron chi connectivity index (χ4n) is 3.21. The second-order valence-corrected chi connectivity index (χ2v) is 6.69. The maximum absolute atomic E-state index is 12.2. The molecule has 0 aromatic heterocycles. The Morgan fingerprint density at radius 3 is 2.53 bits per heavy atom. The van der Waals surface area contributed by atoms with Crippen molar-refractivity contribution in [2.75, 3.05) is 13.1 Å². The molecule has 0 spiro atoms. The summed E-state index contributed by atoms with van der Waals surface area (Å²) in [5.41, 5.74) is 6.16. The number of rotatable bonds is 5. The summed E-state index contributed by atoms with van der Waals surface area (Å²) in [4.78, 5) is 12.2. The van der Waals surface area contributed by atoms with Crippen molar-refractivity contribution in [1.29, 1.82) is 0 Å². The van der Waals surface area contributed by atoms with Crippen LogP contribution in [0.5, 0.6) is 0 Å². The van der Waals surface area contributed by atoms with Crippen molar-refractivity contribution in [3.05, 3.63) is 0 Å². The second-order valence-electron chi connectivity index (χ2n) is 6.69. The minimum Gasteiger partial charge on any atom is -0.355 e. The first-order valence-electron chi connectivity index (χ1n) is 6.97. The van der Waals surface area contributed by atoms with Crippen LogP contribution in [0.2, 0.25) is 0 Å². The van der Waals surface area contributed by atoms with Crippen LogP contribution in [0.1, 0.15) is 52.4 Å². The summed E-state index contributed by atoms with van der Waals surface area (Å²) in [5, 5.41) is 3.17. The topological polar surface area (TPSA) is 55.1 Å². The van der Waals surface area contributed by atoms with Gasteiger partial charge in [-0.1, -0.05) is 20.3 Å². The Morgan fingerprint density at radius 1 is 1.35 bits per heavy atom. The molecule has 17 heavy (non-hydrogen) atoms. The number of carbonyl (C=O) groups is 1. The van der Waals surface area contributed by atoms with Crippen molar-refractivity contribution in [3.8, 4) is 0 Å². The smallest absolute Gasteiger partial charge is 0.223 e. The highest BCUT2D eigenvalue weighted by atomic mass is 16.1. The molecular formula is C14H26N2O. The molecule has 98 valence electrons. The quantitative estimate of drug-likeness (QED) is 0.770. The Kier molecular flexibility index (Phi) is 3.48. The van der Waals surface area contributed by atoms with E-state index in [2.05, 4.69) is 19.2 Å². The van der Waals surface area contributed by atoms with Gasteiger partial charge in [-0.25, -0.2) is 0 Å². The van der Waals surface area contributed by atoms with E-state index in [-0.39, 0.29) is 17.2 Å². The average Bonchev–Trinajstić information content (AvgIpc) is 2.93. The van der Waals surface area contributed by atoms with Gasteiger partial charge in [0.1, 0.15) is 0 Å². The Morgan fingerprint density at radius 2 is 2.06 bits per heavy atom. The van der Waals surface area contributed by atoms with E-state index in [1.165, 1.54) is 25.7 Å². The lowest BCUT2D eigenvalue weighted by Crippen LogP contribution is -2.39. The SMILES string of the molecule is CC1(C)CCCC1C(=O)NCC1(CCN)CC1. The minimum atomic E-state index is 0.189. The van der Waals surface area contributed by atoms with Crippen molar-refractivity contribution >= 4 is 5.91 Å². The van der Waals surface area contributed by atoms with Crippen molar-refractivity contribution < 1.29 is 4.79 Å². The summed E-state index contributed by atoms with van der Waals surface area (Å²) >= 11 is 0. The van der Waals surface area contributed by atoms with Gasteiger partial charge in [-0.3, -0.25) is 4.79 Å². The third kappa shape index (κ3) is 2.82. The first-order chi connectivity index (χ1) is 7.99. The molecule has 2 fully saturated rings. The van der Waals surface area contributed by atoms with Crippen molar-refractivity contribution in [2.24, 2.45) is 22.5 Å². The van der Waals surface area contributed by atoms with Crippen LogP contribution in [0, 0.1) is 16.7 Å². The van der Waals surface area contributed by atoms with Crippen LogP contribution in [-0.2, 0) is 4.79 Å². The largest absolute Gasteiger partial charge is 0.355 e. The second kappa shape index (κ2) is 4.60. The van der Waals surface area contributed by atoms with Crippen molar-refractivity contribution in [2.45, 2.75) is 52.4 Å². The molecule has 1 unspecified atom stereocenters. The molecule has 0 heterocycles. The van der Waals surface area contributed by atoms with E-state index < -0.39 is 0 Å². The fourth-order valence-corrected chi connectivity index (χ4v) is 3.21. The summed E-state index contributed by atoms with van der Waals surface area (Å²) in [6, 6.07) is 0. The zero-order valence-electron chi connectivity index (χ0n) is 11.2. The number of nitrogens with one attached hydrogen (secondary N) is 1. The molecule has 0 aromatic rings. The molecule has 2 aliphatic carbocycles. The number of hydrogen-bond acceptors (Lipinski definition) is 2. The highest BCUT2D eigenvalue weighted by molar-refractivity contribution is 5.79. The van der Waals surface area contributed by atoms with Crippen LogP contribution in [0.25, 0.3) is 0 Å². The average molecular weight is 238 g/mol. The third-order valence-corrected chi connectivity index (χ3v) is 4.84. The summed E-state index contributed by atoms with van der Waals surface area (Å²) in [6.45, 7) is 6.02. The van der Waals surface area contributed by atoms with Gasteiger partial charge in [0, 0.05) is 12.5 Å². The molecule has 0 aromatic carbocycles. The Labute approximate surface area is 105 Å². The lowest BCUT2D eigenvalue weighted by atomic mass is 9.81. The van der Waals surface area contributed by atoms with Gasteiger partial charge in [0.15, 0.2) is 0 Å². The van der Waals surface area contributed by atoms with E-state index in [9.17, 15) is 4.79 Å². The van der Waals surface area contributed by atoms with E-state index in [1.54, 1.807) is 0 Å². The highest BCUT2D eigenvalue weighted by Crippen LogP contribution is 2.48. The standard InChI is InChI=1S/C14H26N2O/c1-13(2)5-3-4-11(13)12(17)16-10-14(6-7-14)8-9-15/h11H,3-10,15H2,1-2H3,(H,16,17). The molecule has 3 N–H and O–H groups in total. The summed E-state index contributed by atoms with van der Waals surface area (Å²) < 4.78 is 0. The number of amides is 1. The zero-order chi connectivity index (χ0) is 12.5. The predicted molar refractivity (Wildman–Crippen MR) is 69.5 cm³/mol. The van der Waals surface area contributed by atoms with Gasteiger partial charge in [-0.15, -0.1) is 0 Å². The number of carbonyl (C=O) groups excluding carboxylic acids is 1. The van der Waals surface area contributed by atoms with Crippen LogP contribution in [0.4, 0.5) is 0 Å². The predicted octanol–water partition coefficient (Wildman–Crippen LogP) is 2.06.